The number of aliphatic imine (C=N–C) groups is 1. The van der Waals surface area contributed by atoms with Crippen LogP contribution in [0.15, 0.2) is 9.52 Å². The molecule has 0 aliphatic heterocycles. The molecule has 1 aromatic rings. The number of aromatic nitrogens is 2. The second kappa shape index (κ2) is 11.9. The first-order chi connectivity index (χ1) is 11.6. The Morgan fingerprint density at radius 2 is 1.96 bits per heavy atom. The molecule has 0 radical (unpaired) electrons. The third-order valence-corrected chi connectivity index (χ3v) is 3.96. The molecule has 1 heterocycles. The predicted octanol–water partition coefficient (Wildman–Crippen LogP) is 3.65. The second-order valence-corrected chi connectivity index (χ2v) is 6.70. The maximum Gasteiger partial charge on any atom is 0.226 e. The Morgan fingerprint density at radius 1 is 1.17 bits per heavy atom. The third kappa shape index (κ3) is 8.31. The number of aryl methyl sites for hydroxylation is 1. The van der Waals surface area contributed by atoms with Crippen LogP contribution < -0.4 is 10.6 Å². The van der Waals surface area contributed by atoms with Crippen LogP contribution in [0.1, 0.15) is 83.9 Å². The molecular weight excluding hydrogens is 302 g/mol. The van der Waals surface area contributed by atoms with Crippen molar-refractivity contribution in [3.63, 3.8) is 0 Å². The molecule has 1 rings (SSSR count). The highest BCUT2D eigenvalue weighted by Gasteiger charge is 2.09. The number of nitrogens with zero attached hydrogens (tertiary/aromatic N) is 3. The highest BCUT2D eigenvalue weighted by molar-refractivity contribution is 5.79. The number of rotatable bonds is 11. The van der Waals surface area contributed by atoms with Crippen molar-refractivity contribution in [3.05, 3.63) is 11.7 Å². The Labute approximate surface area is 146 Å². The molecule has 0 fully saturated rings. The fourth-order valence-electron chi connectivity index (χ4n) is 2.43. The SMILES string of the molecule is CCCCCCC(C)NC(=NC)NCCCc1nc(C(C)C)no1. The Hall–Kier alpha value is -1.59. The molecule has 1 atom stereocenters. The van der Waals surface area contributed by atoms with E-state index in [4.69, 9.17) is 4.52 Å². The van der Waals surface area contributed by atoms with E-state index < -0.39 is 0 Å². The van der Waals surface area contributed by atoms with Gasteiger partial charge in [-0.15, -0.1) is 0 Å². The highest BCUT2D eigenvalue weighted by atomic mass is 16.5. The van der Waals surface area contributed by atoms with Crippen molar-refractivity contribution in [1.29, 1.82) is 0 Å². The van der Waals surface area contributed by atoms with Gasteiger partial charge in [0.2, 0.25) is 5.89 Å². The van der Waals surface area contributed by atoms with Gasteiger partial charge in [0.1, 0.15) is 0 Å². The average Bonchev–Trinajstić information content (AvgIpc) is 3.03. The summed E-state index contributed by atoms with van der Waals surface area (Å²) in [5.74, 6) is 2.67. The predicted molar refractivity (Wildman–Crippen MR) is 99.4 cm³/mol. The van der Waals surface area contributed by atoms with Crippen LogP contribution in [0.5, 0.6) is 0 Å². The molecule has 6 nitrogen and oxygen atoms in total. The summed E-state index contributed by atoms with van der Waals surface area (Å²) in [4.78, 5) is 8.68. The van der Waals surface area contributed by atoms with Gasteiger partial charge in [-0.05, 0) is 19.8 Å². The summed E-state index contributed by atoms with van der Waals surface area (Å²) >= 11 is 0. The van der Waals surface area contributed by atoms with E-state index in [-0.39, 0.29) is 0 Å². The van der Waals surface area contributed by atoms with Gasteiger partial charge in [-0.25, -0.2) is 0 Å². The Kier molecular flexibility index (Phi) is 10.1. The van der Waals surface area contributed by atoms with E-state index in [0.29, 0.717) is 17.9 Å². The van der Waals surface area contributed by atoms with Gasteiger partial charge in [0, 0.05) is 32.0 Å². The van der Waals surface area contributed by atoms with E-state index in [1.54, 1.807) is 0 Å². The van der Waals surface area contributed by atoms with E-state index in [2.05, 4.69) is 53.5 Å². The van der Waals surface area contributed by atoms with Crippen molar-refractivity contribution in [1.82, 2.24) is 20.8 Å². The molecule has 0 spiro atoms. The molecule has 1 aromatic heterocycles. The van der Waals surface area contributed by atoms with E-state index in [1.807, 2.05) is 7.05 Å². The monoisotopic (exact) mass is 337 g/mol. The molecule has 0 amide bonds. The van der Waals surface area contributed by atoms with Gasteiger partial charge in [0.15, 0.2) is 11.8 Å². The van der Waals surface area contributed by atoms with Gasteiger partial charge in [0.05, 0.1) is 0 Å². The average molecular weight is 338 g/mol. The molecule has 0 saturated carbocycles. The van der Waals surface area contributed by atoms with Crippen molar-refractivity contribution >= 4 is 5.96 Å². The normalized spacial score (nSPS) is 13.3. The van der Waals surface area contributed by atoms with Crippen LogP contribution in [0.3, 0.4) is 0 Å². The van der Waals surface area contributed by atoms with Gasteiger partial charge in [0.25, 0.3) is 0 Å². The van der Waals surface area contributed by atoms with Gasteiger partial charge < -0.3 is 15.2 Å². The minimum atomic E-state index is 0.308. The maximum absolute atomic E-state index is 5.25. The van der Waals surface area contributed by atoms with Crippen LogP contribution in [0.25, 0.3) is 0 Å². The summed E-state index contributed by atoms with van der Waals surface area (Å²) in [6.07, 6.45) is 8.10. The third-order valence-electron chi connectivity index (χ3n) is 3.96. The van der Waals surface area contributed by atoms with Crippen molar-refractivity contribution in [3.8, 4) is 0 Å². The Balaban J connectivity index is 2.19. The first kappa shape index (κ1) is 20.5. The lowest BCUT2D eigenvalue weighted by atomic mass is 10.1. The smallest absolute Gasteiger partial charge is 0.226 e. The van der Waals surface area contributed by atoms with Crippen LogP contribution in [-0.2, 0) is 6.42 Å². The fraction of sp³-hybridized carbons (Fsp3) is 0.833. The largest absolute Gasteiger partial charge is 0.356 e. The van der Waals surface area contributed by atoms with Crippen LogP contribution >= 0.6 is 0 Å². The molecule has 0 aliphatic rings. The molecule has 0 aliphatic carbocycles. The zero-order chi connectivity index (χ0) is 17.8. The molecule has 1 unspecified atom stereocenters. The van der Waals surface area contributed by atoms with Crippen LogP contribution in [-0.4, -0.2) is 35.7 Å². The fourth-order valence-corrected chi connectivity index (χ4v) is 2.43. The number of hydrogen-bond acceptors (Lipinski definition) is 4. The second-order valence-electron chi connectivity index (χ2n) is 6.70. The molecule has 2 N–H and O–H groups in total. The molecule has 138 valence electrons. The van der Waals surface area contributed by atoms with Gasteiger partial charge in [-0.2, -0.15) is 4.98 Å². The zero-order valence-corrected chi connectivity index (χ0v) is 16.1. The highest BCUT2D eigenvalue weighted by Crippen LogP contribution is 2.10. The standard InChI is InChI=1S/C18H35N5O/c1-6-7-8-9-11-15(4)21-18(19-5)20-13-10-12-16-22-17(14(2)3)23-24-16/h14-15H,6-13H2,1-5H3,(H2,19,20,21). The lowest BCUT2D eigenvalue weighted by Crippen LogP contribution is -2.42. The number of nitrogens with one attached hydrogen (secondary N) is 2. The number of hydrogen-bond donors (Lipinski definition) is 2. The topological polar surface area (TPSA) is 75.3 Å². The minimum absolute atomic E-state index is 0.308. The molecule has 0 bridgehead atoms. The van der Waals surface area contributed by atoms with Gasteiger partial charge in [-0.3, -0.25) is 4.99 Å². The van der Waals surface area contributed by atoms with E-state index in [0.717, 1.165) is 31.2 Å². The maximum atomic E-state index is 5.25. The minimum Gasteiger partial charge on any atom is -0.356 e. The molecular formula is C18H35N5O. The zero-order valence-electron chi connectivity index (χ0n) is 16.1. The van der Waals surface area contributed by atoms with Gasteiger partial charge in [-0.1, -0.05) is 51.6 Å². The van der Waals surface area contributed by atoms with Crippen LogP contribution in [0.2, 0.25) is 0 Å². The van der Waals surface area contributed by atoms with Crippen molar-refractivity contribution in [2.45, 2.75) is 84.6 Å². The molecule has 0 aromatic carbocycles. The molecule has 6 heteroatoms. The summed E-state index contributed by atoms with van der Waals surface area (Å²) in [6, 6.07) is 0.442. The van der Waals surface area contributed by atoms with Crippen molar-refractivity contribution in [2.75, 3.05) is 13.6 Å². The van der Waals surface area contributed by atoms with E-state index in [9.17, 15) is 0 Å². The summed E-state index contributed by atoms with van der Waals surface area (Å²) in [5, 5.41) is 10.8. The quantitative estimate of drug-likeness (QED) is 0.366. The summed E-state index contributed by atoms with van der Waals surface area (Å²) in [7, 11) is 1.81. The van der Waals surface area contributed by atoms with Crippen molar-refractivity contribution in [2.24, 2.45) is 4.99 Å². The van der Waals surface area contributed by atoms with E-state index >= 15 is 0 Å². The summed E-state index contributed by atoms with van der Waals surface area (Å²) in [6.45, 7) is 9.42. The Morgan fingerprint density at radius 3 is 2.58 bits per heavy atom. The molecule has 0 saturated heterocycles. The number of guanidine groups is 1. The lowest BCUT2D eigenvalue weighted by Gasteiger charge is -2.17. The first-order valence-electron chi connectivity index (χ1n) is 9.36. The Bertz CT molecular complexity index is 470. The first-order valence-corrected chi connectivity index (χ1v) is 9.36. The number of unbranched alkanes of at least 4 members (excludes halogenated alkanes) is 3. The van der Waals surface area contributed by atoms with Crippen molar-refractivity contribution < 1.29 is 4.52 Å². The summed E-state index contributed by atoms with van der Waals surface area (Å²) < 4.78 is 5.25. The van der Waals surface area contributed by atoms with Gasteiger partial charge >= 0.3 is 0 Å². The molecule has 24 heavy (non-hydrogen) atoms. The van der Waals surface area contributed by atoms with Crippen LogP contribution in [0, 0.1) is 0 Å². The van der Waals surface area contributed by atoms with E-state index in [1.165, 1.54) is 32.1 Å². The lowest BCUT2D eigenvalue weighted by molar-refractivity contribution is 0.368. The van der Waals surface area contributed by atoms with Crippen LogP contribution in [0.4, 0.5) is 0 Å². The summed E-state index contributed by atoms with van der Waals surface area (Å²) in [5.41, 5.74) is 0.